The number of carbonyl (C=O) groups is 4. The molecular formula is C81H158O17P2. The Hall–Kier alpha value is -1.94. The Morgan fingerprint density at radius 1 is 0.290 bits per heavy atom. The van der Waals surface area contributed by atoms with E-state index in [-0.39, 0.29) is 25.7 Å². The number of unbranched alkanes of at least 4 members (excludes halogenated alkanes) is 49. The number of ether oxygens (including phenoxy) is 4. The number of hydrogen-bond acceptors (Lipinski definition) is 15. The molecule has 0 rings (SSSR count). The van der Waals surface area contributed by atoms with Crippen molar-refractivity contribution in [1.29, 1.82) is 0 Å². The van der Waals surface area contributed by atoms with Crippen LogP contribution in [0.3, 0.4) is 0 Å². The molecule has 0 bridgehead atoms. The molecule has 19 heteroatoms. The summed E-state index contributed by atoms with van der Waals surface area (Å²) in [6.45, 7) is 9.71. The van der Waals surface area contributed by atoms with Crippen molar-refractivity contribution in [2.45, 2.75) is 445 Å². The van der Waals surface area contributed by atoms with Crippen LogP contribution in [0.2, 0.25) is 0 Å². The Labute approximate surface area is 613 Å². The van der Waals surface area contributed by atoms with Gasteiger partial charge in [0, 0.05) is 25.7 Å². The van der Waals surface area contributed by atoms with E-state index in [4.69, 9.17) is 37.0 Å². The van der Waals surface area contributed by atoms with Crippen LogP contribution in [0.4, 0.5) is 0 Å². The maximum atomic E-state index is 13.1. The minimum atomic E-state index is -4.96. The van der Waals surface area contributed by atoms with E-state index in [0.717, 1.165) is 102 Å². The van der Waals surface area contributed by atoms with Crippen LogP contribution in [-0.4, -0.2) is 96.7 Å². The largest absolute Gasteiger partial charge is 0.472 e. The first-order valence-corrected chi connectivity index (χ1v) is 45.0. The Bertz CT molecular complexity index is 1930. The topological polar surface area (TPSA) is 237 Å². The molecule has 0 aromatic rings. The lowest BCUT2D eigenvalue weighted by atomic mass is 9.99. The van der Waals surface area contributed by atoms with Gasteiger partial charge < -0.3 is 33.8 Å². The highest BCUT2D eigenvalue weighted by Crippen LogP contribution is 2.45. The first-order chi connectivity index (χ1) is 48.4. The fourth-order valence-electron chi connectivity index (χ4n) is 12.5. The molecule has 17 nitrogen and oxygen atoms in total. The van der Waals surface area contributed by atoms with Gasteiger partial charge in [-0.3, -0.25) is 37.3 Å². The second-order valence-corrected chi connectivity index (χ2v) is 32.8. The maximum Gasteiger partial charge on any atom is 0.472 e. The number of phosphoric ester groups is 2. The van der Waals surface area contributed by atoms with E-state index in [1.54, 1.807) is 0 Å². The van der Waals surface area contributed by atoms with Crippen molar-refractivity contribution in [2.75, 3.05) is 39.6 Å². The third-order valence-electron chi connectivity index (χ3n) is 19.3. The van der Waals surface area contributed by atoms with Gasteiger partial charge in [0.25, 0.3) is 0 Å². The number of phosphoric acid groups is 2. The Kier molecular flexibility index (Phi) is 71.2. The van der Waals surface area contributed by atoms with Gasteiger partial charge in [-0.1, -0.05) is 375 Å². The summed E-state index contributed by atoms with van der Waals surface area (Å²) in [5.74, 6) is -0.446. The summed E-state index contributed by atoms with van der Waals surface area (Å²) < 4.78 is 68.7. The molecule has 0 spiro atoms. The van der Waals surface area contributed by atoms with E-state index < -0.39 is 97.5 Å². The van der Waals surface area contributed by atoms with Gasteiger partial charge in [-0.2, -0.15) is 0 Å². The lowest BCUT2D eigenvalue weighted by molar-refractivity contribution is -0.161. The van der Waals surface area contributed by atoms with Crippen LogP contribution in [0.25, 0.3) is 0 Å². The number of aliphatic hydroxyl groups is 1. The van der Waals surface area contributed by atoms with Crippen LogP contribution in [0, 0.1) is 11.8 Å². The SMILES string of the molecule is CCCCCCCCCCCCCCC(=O)O[C@H](COC(=O)CCCCCCCCCCCC)COP(=O)(O)OC[C@H](O)COP(=O)(O)OC[C@@H](COC(=O)CCCCCCCCCCCCCCCC(C)C)OC(=O)CCCCCCCCCCCCCCCCCCCCC(C)CC. The second-order valence-electron chi connectivity index (χ2n) is 29.9. The summed E-state index contributed by atoms with van der Waals surface area (Å²) >= 11 is 0. The molecule has 3 N–H and O–H groups in total. The molecule has 0 saturated heterocycles. The van der Waals surface area contributed by atoms with Gasteiger partial charge in [0.15, 0.2) is 12.2 Å². The second kappa shape index (κ2) is 72.6. The molecule has 0 aliphatic carbocycles. The van der Waals surface area contributed by atoms with Gasteiger partial charge in [0.2, 0.25) is 0 Å². The average Bonchev–Trinajstić information content (AvgIpc) is 0.920. The van der Waals surface area contributed by atoms with Gasteiger partial charge in [-0.15, -0.1) is 0 Å². The minimum Gasteiger partial charge on any atom is -0.462 e. The van der Waals surface area contributed by atoms with Gasteiger partial charge in [0.05, 0.1) is 26.4 Å². The first-order valence-electron chi connectivity index (χ1n) is 42.0. The lowest BCUT2D eigenvalue weighted by Crippen LogP contribution is -2.30. The number of hydrogen-bond donors (Lipinski definition) is 3. The molecule has 0 amide bonds. The third kappa shape index (κ3) is 73.0. The molecule has 0 aromatic carbocycles. The highest BCUT2D eigenvalue weighted by Gasteiger charge is 2.30. The van der Waals surface area contributed by atoms with Crippen molar-refractivity contribution in [3.05, 3.63) is 0 Å². The van der Waals surface area contributed by atoms with E-state index in [0.29, 0.717) is 25.7 Å². The standard InChI is InChI=1S/C81H158O17P2/c1-7-10-12-14-16-18-20-34-41-47-53-59-65-80(85)97-76(69-91-78(83)63-57-51-45-39-19-17-15-13-11-8-2)71-95-99(87,88)93-67-75(82)68-94-100(89,90)96-72-77(70-92-79(84)64-58-52-46-40-35-31-27-28-32-37-43-49-55-61-73(4)5)98-81(86)66-60-54-48-42-36-30-26-24-22-21-23-25-29-33-38-44-50-56-62-74(6)9-3/h73-77,82H,7-72H2,1-6H3,(H,87,88)(H,89,90)/t74?,75-,76+,77+/m0/s1. The Morgan fingerprint density at radius 2 is 0.510 bits per heavy atom. The number of aliphatic hydroxyl groups excluding tert-OH is 1. The molecule has 0 heterocycles. The quantitative estimate of drug-likeness (QED) is 0.0222. The Morgan fingerprint density at radius 3 is 0.760 bits per heavy atom. The fraction of sp³-hybridized carbons (Fsp3) is 0.951. The summed E-state index contributed by atoms with van der Waals surface area (Å²) in [4.78, 5) is 73.0. The normalized spacial score (nSPS) is 14.2. The minimum absolute atomic E-state index is 0.108. The molecule has 0 aromatic heterocycles. The van der Waals surface area contributed by atoms with Gasteiger partial charge in [0.1, 0.15) is 19.3 Å². The zero-order valence-electron chi connectivity index (χ0n) is 65.5. The fourth-order valence-corrected chi connectivity index (χ4v) is 14.1. The van der Waals surface area contributed by atoms with Crippen LogP contribution >= 0.6 is 15.6 Å². The molecule has 6 atom stereocenters. The van der Waals surface area contributed by atoms with E-state index in [9.17, 15) is 43.2 Å². The first kappa shape index (κ1) is 98.1. The van der Waals surface area contributed by atoms with Crippen molar-refractivity contribution in [3.63, 3.8) is 0 Å². The predicted octanol–water partition coefficient (Wildman–Crippen LogP) is 24.3. The molecule has 594 valence electrons. The molecule has 100 heavy (non-hydrogen) atoms. The summed E-state index contributed by atoms with van der Waals surface area (Å²) in [7, 11) is -9.92. The maximum absolute atomic E-state index is 13.1. The molecule has 0 fully saturated rings. The molecular weight excluding hydrogens is 1310 g/mol. The smallest absolute Gasteiger partial charge is 0.462 e. The van der Waals surface area contributed by atoms with Gasteiger partial charge in [-0.25, -0.2) is 9.13 Å². The van der Waals surface area contributed by atoms with E-state index in [1.165, 1.54) is 244 Å². The molecule has 0 radical (unpaired) electrons. The number of rotatable bonds is 80. The highest BCUT2D eigenvalue weighted by molar-refractivity contribution is 7.47. The van der Waals surface area contributed by atoms with E-state index in [1.807, 2.05) is 0 Å². The average molecular weight is 1470 g/mol. The lowest BCUT2D eigenvalue weighted by Gasteiger charge is -2.21. The predicted molar refractivity (Wildman–Crippen MR) is 409 cm³/mol. The molecule has 3 unspecified atom stereocenters. The van der Waals surface area contributed by atoms with Crippen LogP contribution < -0.4 is 0 Å². The van der Waals surface area contributed by atoms with Crippen LogP contribution in [0.1, 0.15) is 427 Å². The van der Waals surface area contributed by atoms with Crippen molar-refractivity contribution >= 4 is 39.5 Å². The Balaban J connectivity index is 5.20. The van der Waals surface area contributed by atoms with Crippen LogP contribution in [-0.2, 0) is 65.4 Å². The molecule has 0 saturated carbocycles. The molecule has 0 aliphatic heterocycles. The van der Waals surface area contributed by atoms with E-state index >= 15 is 0 Å². The summed E-state index contributed by atoms with van der Waals surface area (Å²) in [6.07, 6.45) is 62.3. The van der Waals surface area contributed by atoms with Gasteiger partial charge in [-0.05, 0) is 37.5 Å². The zero-order chi connectivity index (χ0) is 73.5. The van der Waals surface area contributed by atoms with Crippen LogP contribution in [0.5, 0.6) is 0 Å². The monoisotopic (exact) mass is 1470 g/mol. The summed E-state index contributed by atoms with van der Waals surface area (Å²) in [6, 6.07) is 0. The summed E-state index contributed by atoms with van der Waals surface area (Å²) in [5.41, 5.74) is 0. The van der Waals surface area contributed by atoms with Crippen molar-refractivity contribution < 1.29 is 80.2 Å². The van der Waals surface area contributed by atoms with Crippen molar-refractivity contribution in [3.8, 4) is 0 Å². The number of carbonyl (C=O) groups excluding carboxylic acids is 4. The highest BCUT2D eigenvalue weighted by atomic mass is 31.2. The number of esters is 4. The van der Waals surface area contributed by atoms with Gasteiger partial charge >= 0.3 is 39.5 Å². The summed E-state index contributed by atoms with van der Waals surface area (Å²) in [5, 5.41) is 10.6. The third-order valence-corrected chi connectivity index (χ3v) is 21.2. The van der Waals surface area contributed by atoms with E-state index in [2.05, 4.69) is 41.5 Å². The zero-order valence-corrected chi connectivity index (χ0v) is 67.3. The van der Waals surface area contributed by atoms with Crippen molar-refractivity contribution in [1.82, 2.24) is 0 Å². The van der Waals surface area contributed by atoms with Crippen LogP contribution in [0.15, 0.2) is 0 Å². The van der Waals surface area contributed by atoms with Crippen molar-refractivity contribution in [2.24, 2.45) is 11.8 Å². The molecule has 0 aliphatic rings.